The highest BCUT2D eigenvalue weighted by Crippen LogP contribution is 2.31. The highest BCUT2D eigenvalue weighted by molar-refractivity contribution is 5.77. The molecule has 0 atom stereocenters. The number of hydrogen-bond acceptors (Lipinski definition) is 7. The molecule has 1 saturated heterocycles. The number of piperidine rings is 1. The van der Waals surface area contributed by atoms with Gasteiger partial charge in [-0.3, -0.25) is 9.59 Å². The summed E-state index contributed by atoms with van der Waals surface area (Å²) in [4.78, 5) is 34.7. The Kier molecular flexibility index (Phi) is 7.24. The van der Waals surface area contributed by atoms with Crippen molar-refractivity contribution in [3.05, 3.63) is 81.0 Å². The van der Waals surface area contributed by atoms with E-state index in [4.69, 9.17) is 4.98 Å². The van der Waals surface area contributed by atoms with Gasteiger partial charge >= 0.3 is 0 Å². The summed E-state index contributed by atoms with van der Waals surface area (Å²) in [6.07, 6.45) is 6.41. The molecule has 0 amide bonds. The van der Waals surface area contributed by atoms with Crippen LogP contribution in [-0.2, 0) is 13.0 Å². The van der Waals surface area contributed by atoms with Crippen LogP contribution in [0.5, 0.6) is 0 Å². The van der Waals surface area contributed by atoms with Crippen LogP contribution in [0.1, 0.15) is 56.7 Å². The highest BCUT2D eigenvalue weighted by atomic mass is 16.1. The van der Waals surface area contributed by atoms with Crippen molar-refractivity contribution in [2.75, 3.05) is 18.4 Å². The van der Waals surface area contributed by atoms with Crippen molar-refractivity contribution < 1.29 is 0 Å². The molecule has 198 valence electrons. The number of hydrogen-bond donors (Lipinski definition) is 2. The van der Waals surface area contributed by atoms with Crippen LogP contribution in [0.2, 0.25) is 0 Å². The van der Waals surface area contributed by atoms with Crippen molar-refractivity contribution in [1.29, 1.82) is 0 Å². The summed E-state index contributed by atoms with van der Waals surface area (Å²) in [5.41, 5.74) is 3.56. The van der Waals surface area contributed by atoms with Crippen LogP contribution < -0.4 is 21.8 Å². The molecular weight excluding hydrogens is 480 g/mol. The van der Waals surface area contributed by atoms with Gasteiger partial charge in [-0.2, -0.15) is 4.98 Å². The first-order chi connectivity index (χ1) is 18.4. The first-order valence-corrected chi connectivity index (χ1v) is 13.2. The van der Waals surface area contributed by atoms with E-state index < -0.39 is 0 Å². The van der Waals surface area contributed by atoms with Crippen LogP contribution in [0.15, 0.2) is 58.8 Å². The summed E-state index contributed by atoms with van der Waals surface area (Å²) < 4.78 is 4.51. The van der Waals surface area contributed by atoms with Crippen molar-refractivity contribution in [1.82, 2.24) is 34.4 Å². The van der Waals surface area contributed by atoms with E-state index in [-0.39, 0.29) is 23.7 Å². The molecule has 4 aromatic rings. The Morgan fingerprint density at radius 1 is 1.18 bits per heavy atom. The molecule has 0 unspecified atom stereocenters. The van der Waals surface area contributed by atoms with Gasteiger partial charge in [0.15, 0.2) is 11.5 Å². The molecular formula is C28H34N8O2. The molecule has 0 saturated carbocycles. The van der Waals surface area contributed by atoms with E-state index >= 15 is 0 Å². The predicted octanol–water partition coefficient (Wildman–Crippen LogP) is 3.68. The Labute approximate surface area is 221 Å². The Bertz CT molecular complexity index is 1590. The fraction of sp³-hybridized carbons (Fsp3) is 0.393. The second kappa shape index (κ2) is 10.7. The van der Waals surface area contributed by atoms with E-state index in [1.165, 1.54) is 32.8 Å². The monoisotopic (exact) mass is 514 g/mol. The first-order valence-electron chi connectivity index (χ1n) is 13.2. The lowest BCUT2D eigenvalue weighted by molar-refractivity contribution is 0.458. The number of aromatic nitrogens is 6. The van der Waals surface area contributed by atoms with Crippen LogP contribution in [0.3, 0.4) is 0 Å². The Morgan fingerprint density at radius 2 is 1.97 bits per heavy atom. The Hall–Kier alpha value is -4.05. The van der Waals surface area contributed by atoms with Gasteiger partial charge in [0.25, 0.3) is 11.1 Å². The van der Waals surface area contributed by atoms with E-state index in [0.717, 1.165) is 38.0 Å². The van der Waals surface area contributed by atoms with Gasteiger partial charge in [-0.25, -0.2) is 19.0 Å². The Morgan fingerprint density at radius 3 is 2.68 bits per heavy atom. The maximum atomic E-state index is 13.2. The van der Waals surface area contributed by atoms with Crippen molar-refractivity contribution in [3.8, 4) is 5.82 Å². The molecule has 1 aromatic carbocycles. The van der Waals surface area contributed by atoms with Gasteiger partial charge in [0.1, 0.15) is 5.39 Å². The molecule has 0 radical (unpaired) electrons. The number of nitrogens with zero attached hydrogens (tertiary/aromatic N) is 6. The van der Waals surface area contributed by atoms with Crippen molar-refractivity contribution in [2.24, 2.45) is 0 Å². The predicted molar refractivity (Wildman–Crippen MR) is 150 cm³/mol. The average Bonchev–Trinajstić information content (AvgIpc) is 3.20. The number of fused-ring (bicyclic) bond motifs is 1. The average molecular weight is 515 g/mol. The molecule has 2 N–H and O–H groups in total. The van der Waals surface area contributed by atoms with Gasteiger partial charge in [-0.1, -0.05) is 19.1 Å². The lowest BCUT2D eigenvalue weighted by Gasteiger charge is -2.25. The van der Waals surface area contributed by atoms with Crippen molar-refractivity contribution in [3.63, 3.8) is 0 Å². The largest absolute Gasteiger partial charge is 0.324 e. The van der Waals surface area contributed by atoms with E-state index in [0.29, 0.717) is 28.7 Å². The molecule has 1 aliphatic heterocycles. The summed E-state index contributed by atoms with van der Waals surface area (Å²) in [6.45, 7) is 12.1. The van der Waals surface area contributed by atoms with Crippen LogP contribution in [0.4, 0.5) is 11.6 Å². The molecule has 4 heterocycles. The van der Waals surface area contributed by atoms with Gasteiger partial charge in [-0.15, -0.1) is 11.7 Å². The van der Waals surface area contributed by atoms with Crippen molar-refractivity contribution in [2.45, 2.75) is 58.5 Å². The number of allylic oxidation sites excluding steroid dienone is 1. The Balaban J connectivity index is 1.57. The second-order valence-electron chi connectivity index (χ2n) is 9.90. The summed E-state index contributed by atoms with van der Waals surface area (Å²) >= 11 is 0. The number of anilines is 2. The van der Waals surface area contributed by atoms with Crippen LogP contribution >= 0.6 is 0 Å². The van der Waals surface area contributed by atoms with Crippen LogP contribution in [0, 0.1) is 0 Å². The van der Waals surface area contributed by atoms with E-state index in [1.54, 1.807) is 16.8 Å². The number of benzene rings is 1. The normalized spacial score (nSPS) is 14.3. The maximum absolute atomic E-state index is 13.2. The van der Waals surface area contributed by atoms with E-state index in [9.17, 15) is 9.59 Å². The molecule has 1 fully saturated rings. The SMILES string of the molecule is C=CCn1c(=O)c2cnc(Nc3ccc(C4CCNCC4)c(CC)c3)nc2n1-c1ccc(=O)n(C(C)C)n1. The molecule has 5 rings (SSSR count). The fourth-order valence-electron chi connectivity index (χ4n) is 5.16. The quantitative estimate of drug-likeness (QED) is 0.345. The van der Waals surface area contributed by atoms with E-state index in [1.807, 2.05) is 13.8 Å². The first kappa shape index (κ1) is 25.6. The van der Waals surface area contributed by atoms with E-state index in [2.05, 4.69) is 52.4 Å². The van der Waals surface area contributed by atoms with Crippen LogP contribution in [-0.4, -0.2) is 42.2 Å². The van der Waals surface area contributed by atoms with Gasteiger partial charge in [-0.05, 0) is 81.4 Å². The molecule has 10 nitrogen and oxygen atoms in total. The minimum Gasteiger partial charge on any atom is -0.324 e. The standard InChI is InChI=1S/C28H34N8O2/c1-5-15-34-27(38)23-17-30-28(32-26(23)36(34)24-9-10-25(37)35(33-24)18(3)4)31-21-7-8-22(19(6-2)16-21)20-11-13-29-14-12-20/h5,7-10,16-18,20,29H,1,6,11-15H2,2-4H3,(H,30,31,32). The molecule has 0 bridgehead atoms. The van der Waals surface area contributed by atoms with Gasteiger partial charge in [0, 0.05) is 18.0 Å². The van der Waals surface area contributed by atoms with Gasteiger partial charge < -0.3 is 10.6 Å². The summed E-state index contributed by atoms with van der Waals surface area (Å²) in [5, 5.41) is 11.6. The lowest BCUT2D eigenvalue weighted by atomic mass is 9.86. The summed E-state index contributed by atoms with van der Waals surface area (Å²) in [7, 11) is 0. The van der Waals surface area contributed by atoms with Gasteiger partial charge in [0.2, 0.25) is 5.95 Å². The molecule has 1 aliphatic rings. The zero-order chi connectivity index (χ0) is 26.8. The topological polar surface area (TPSA) is 112 Å². The second-order valence-corrected chi connectivity index (χ2v) is 9.90. The number of nitrogens with one attached hydrogen (secondary N) is 2. The lowest BCUT2D eigenvalue weighted by Crippen LogP contribution is -2.28. The minimum atomic E-state index is -0.254. The third kappa shape index (κ3) is 4.79. The molecule has 0 spiro atoms. The third-order valence-electron chi connectivity index (χ3n) is 7.05. The summed E-state index contributed by atoms with van der Waals surface area (Å²) in [6, 6.07) is 9.36. The van der Waals surface area contributed by atoms with Crippen LogP contribution in [0.25, 0.3) is 16.9 Å². The number of aryl methyl sites for hydroxylation is 1. The maximum Gasteiger partial charge on any atom is 0.278 e. The zero-order valence-corrected chi connectivity index (χ0v) is 22.1. The third-order valence-corrected chi connectivity index (χ3v) is 7.05. The smallest absolute Gasteiger partial charge is 0.278 e. The minimum absolute atomic E-state index is 0.142. The molecule has 38 heavy (non-hydrogen) atoms. The van der Waals surface area contributed by atoms with Crippen molar-refractivity contribution >= 4 is 22.7 Å². The summed E-state index contributed by atoms with van der Waals surface area (Å²) in [5.74, 6) is 1.36. The van der Waals surface area contributed by atoms with Gasteiger partial charge in [0.05, 0.1) is 12.6 Å². The zero-order valence-electron chi connectivity index (χ0n) is 22.1. The fourth-order valence-corrected chi connectivity index (χ4v) is 5.16. The molecule has 10 heteroatoms. The molecule has 3 aromatic heterocycles. The number of rotatable bonds is 8. The highest BCUT2D eigenvalue weighted by Gasteiger charge is 2.20. The molecule has 0 aliphatic carbocycles.